The maximum absolute atomic E-state index is 5.59. The van der Waals surface area contributed by atoms with Crippen LogP contribution in [0.15, 0.2) is 0 Å². The first kappa shape index (κ1) is 10.4. The summed E-state index contributed by atoms with van der Waals surface area (Å²) < 4.78 is 5.40. The van der Waals surface area contributed by atoms with Crippen molar-refractivity contribution in [2.24, 2.45) is 17.1 Å². The minimum absolute atomic E-state index is 0.542. The lowest BCUT2D eigenvalue weighted by Gasteiger charge is -2.52. The van der Waals surface area contributed by atoms with E-state index in [4.69, 9.17) is 10.5 Å². The van der Waals surface area contributed by atoms with Crippen LogP contribution in [0, 0.1) is 11.3 Å². The van der Waals surface area contributed by atoms with Crippen molar-refractivity contribution < 1.29 is 4.74 Å². The first-order valence-electron chi connectivity index (χ1n) is 5.81. The lowest BCUT2D eigenvalue weighted by molar-refractivity contribution is -0.172. The third-order valence-corrected chi connectivity index (χ3v) is 3.99. The molecular weight excluding hydrogens is 176 g/mol. The zero-order valence-corrected chi connectivity index (χ0v) is 9.17. The Morgan fingerprint density at radius 1 is 1.50 bits per heavy atom. The van der Waals surface area contributed by atoms with Gasteiger partial charge in [-0.25, -0.2) is 0 Å². The van der Waals surface area contributed by atoms with E-state index in [-0.39, 0.29) is 0 Å². The van der Waals surface area contributed by atoms with Crippen molar-refractivity contribution >= 4 is 0 Å². The zero-order valence-electron chi connectivity index (χ0n) is 9.17. The predicted octanol–water partition coefficient (Wildman–Crippen LogP) is 0.694. The van der Waals surface area contributed by atoms with Crippen molar-refractivity contribution in [2.45, 2.75) is 19.8 Å². The highest BCUT2D eigenvalue weighted by molar-refractivity contribution is 4.96. The summed E-state index contributed by atoms with van der Waals surface area (Å²) in [5.74, 6) is 0.830. The Bertz CT molecular complexity index is 192. The second kappa shape index (κ2) is 4.17. The highest BCUT2D eigenvalue weighted by Crippen LogP contribution is 2.44. The van der Waals surface area contributed by atoms with Gasteiger partial charge in [0.25, 0.3) is 0 Å². The van der Waals surface area contributed by atoms with Crippen LogP contribution in [0.2, 0.25) is 0 Å². The van der Waals surface area contributed by atoms with Crippen LogP contribution in [0.1, 0.15) is 19.8 Å². The number of piperidine rings is 1. The van der Waals surface area contributed by atoms with Gasteiger partial charge in [0.2, 0.25) is 0 Å². The molecule has 3 nitrogen and oxygen atoms in total. The van der Waals surface area contributed by atoms with Gasteiger partial charge in [-0.3, -0.25) is 0 Å². The summed E-state index contributed by atoms with van der Waals surface area (Å²) in [5.41, 5.74) is 6.14. The Balaban J connectivity index is 1.93. The van der Waals surface area contributed by atoms with Crippen LogP contribution in [0.5, 0.6) is 0 Å². The molecule has 0 amide bonds. The van der Waals surface area contributed by atoms with E-state index in [1.165, 1.54) is 25.9 Å². The van der Waals surface area contributed by atoms with E-state index < -0.39 is 0 Å². The minimum Gasteiger partial charge on any atom is -0.380 e. The number of ether oxygens (including phenoxy) is 1. The van der Waals surface area contributed by atoms with Crippen molar-refractivity contribution in [1.29, 1.82) is 0 Å². The molecule has 1 unspecified atom stereocenters. The van der Waals surface area contributed by atoms with Gasteiger partial charge in [0.1, 0.15) is 0 Å². The molecular formula is C11H22N2O. The van der Waals surface area contributed by atoms with Gasteiger partial charge in [0, 0.05) is 25.0 Å². The van der Waals surface area contributed by atoms with Crippen molar-refractivity contribution in [3.8, 4) is 0 Å². The van der Waals surface area contributed by atoms with E-state index in [1.807, 2.05) is 0 Å². The molecule has 2 heterocycles. The number of hydrogen-bond acceptors (Lipinski definition) is 3. The molecule has 2 saturated heterocycles. The highest BCUT2D eigenvalue weighted by atomic mass is 16.5. The lowest BCUT2D eigenvalue weighted by atomic mass is 9.67. The average molecular weight is 198 g/mol. The maximum Gasteiger partial charge on any atom is 0.0548 e. The van der Waals surface area contributed by atoms with E-state index >= 15 is 0 Å². The first-order valence-corrected chi connectivity index (χ1v) is 5.81. The fourth-order valence-corrected chi connectivity index (χ4v) is 2.87. The van der Waals surface area contributed by atoms with Crippen molar-refractivity contribution in [2.75, 3.05) is 39.4 Å². The summed E-state index contributed by atoms with van der Waals surface area (Å²) in [5, 5.41) is 0. The van der Waals surface area contributed by atoms with Gasteiger partial charge >= 0.3 is 0 Å². The van der Waals surface area contributed by atoms with Gasteiger partial charge in [-0.15, -0.1) is 0 Å². The first-order chi connectivity index (χ1) is 6.80. The monoisotopic (exact) mass is 198 g/mol. The molecule has 0 radical (unpaired) electrons. The summed E-state index contributed by atoms with van der Waals surface area (Å²) >= 11 is 0. The summed E-state index contributed by atoms with van der Waals surface area (Å²) in [6.45, 7) is 8.61. The van der Waals surface area contributed by atoms with Crippen molar-refractivity contribution in [3.63, 3.8) is 0 Å². The molecule has 2 fully saturated rings. The molecule has 3 heteroatoms. The molecule has 0 aromatic rings. The Kier molecular flexibility index (Phi) is 3.10. The third kappa shape index (κ3) is 1.69. The predicted molar refractivity (Wildman–Crippen MR) is 57.1 cm³/mol. The second-order valence-corrected chi connectivity index (χ2v) is 4.80. The molecule has 0 aromatic carbocycles. The van der Waals surface area contributed by atoms with Crippen LogP contribution in [-0.2, 0) is 4.74 Å². The van der Waals surface area contributed by atoms with Crippen LogP contribution >= 0.6 is 0 Å². The summed E-state index contributed by atoms with van der Waals surface area (Å²) in [6.07, 6.45) is 2.59. The van der Waals surface area contributed by atoms with Gasteiger partial charge in [-0.05, 0) is 18.9 Å². The van der Waals surface area contributed by atoms with Crippen molar-refractivity contribution in [1.82, 2.24) is 4.90 Å². The highest BCUT2D eigenvalue weighted by Gasteiger charge is 2.47. The normalized spacial score (nSPS) is 31.7. The molecule has 2 aliphatic heterocycles. The molecule has 0 bridgehead atoms. The topological polar surface area (TPSA) is 38.5 Å². The van der Waals surface area contributed by atoms with Crippen LogP contribution in [-0.4, -0.2) is 44.3 Å². The van der Waals surface area contributed by atoms with Crippen LogP contribution < -0.4 is 5.73 Å². The molecule has 2 aliphatic rings. The van der Waals surface area contributed by atoms with Gasteiger partial charge in [0.15, 0.2) is 0 Å². The SMILES string of the molecule is CCC1CN(CCN)CCC12COC2. The summed E-state index contributed by atoms with van der Waals surface area (Å²) in [4.78, 5) is 2.51. The molecule has 0 aromatic heterocycles. The number of hydrogen-bond donors (Lipinski definition) is 1. The van der Waals surface area contributed by atoms with E-state index in [0.29, 0.717) is 5.41 Å². The van der Waals surface area contributed by atoms with Gasteiger partial charge in [-0.1, -0.05) is 13.3 Å². The van der Waals surface area contributed by atoms with E-state index in [2.05, 4.69) is 11.8 Å². The largest absolute Gasteiger partial charge is 0.380 e. The maximum atomic E-state index is 5.59. The summed E-state index contributed by atoms with van der Waals surface area (Å²) in [6, 6.07) is 0. The second-order valence-electron chi connectivity index (χ2n) is 4.80. The third-order valence-electron chi connectivity index (χ3n) is 3.99. The van der Waals surface area contributed by atoms with Crippen molar-refractivity contribution in [3.05, 3.63) is 0 Å². The molecule has 0 saturated carbocycles. The quantitative estimate of drug-likeness (QED) is 0.725. The average Bonchev–Trinajstić information content (AvgIpc) is 2.16. The molecule has 14 heavy (non-hydrogen) atoms. The number of nitrogens with two attached hydrogens (primary N) is 1. The zero-order chi connectivity index (χ0) is 10.0. The molecule has 82 valence electrons. The van der Waals surface area contributed by atoms with Gasteiger partial charge in [-0.2, -0.15) is 0 Å². The Labute approximate surface area is 86.6 Å². The molecule has 1 spiro atoms. The van der Waals surface area contributed by atoms with Gasteiger partial charge in [0.05, 0.1) is 13.2 Å². The molecule has 0 aliphatic carbocycles. The van der Waals surface area contributed by atoms with E-state index in [0.717, 1.165) is 32.2 Å². The fraction of sp³-hybridized carbons (Fsp3) is 1.00. The Morgan fingerprint density at radius 3 is 2.79 bits per heavy atom. The number of likely N-dealkylation sites (tertiary alicyclic amines) is 1. The van der Waals surface area contributed by atoms with Crippen LogP contribution in [0.3, 0.4) is 0 Å². The Morgan fingerprint density at radius 2 is 2.29 bits per heavy atom. The molecule has 1 atom stereocenters. The Hall–Kier alpha value is -0.120. The smallest absolute Gasteiger partial charge is 0.0548 e. The van der Waals surface area contributed by atoms with Gasteiger partial charge < -0.3 is 15.4 Å². The standard InChI is InChI=1S/C11H22N2O/c1-2-10-7-13(6-4-12)5-3-11(10)8-14-9-11/h10H,2-9,12H2,1H3. The minimum atomic E-state index is 0.542. The summed E-state index contributed by atoms with van der Waals surface area (Å²) in [7, 11) is 0. The van der Waals surface area contributed by atoms with Crippen LogP contribution in [0.25, 0.3) is 0 Å². The van der Waals surface area contributed by atoms with E-state index in [9.17, 15) is 0 Å². The molecule has 2 N–H and O–H groups in total. The lowest BCUT2D eigenvalue weighted by Crippen LogP contribution is -2.57. The molecule has 2 rings (SSSR count). The van der Waals surface area contributed by atoms with E-state index in [1.54, 1.807) is 0 Å². The van der Waals surface area contributed by atoms with Crippen LogP contribution in [0.4, 0.5) is 0 Å². The number of nitrogens with zero attached hydrogens (tertiary/aromatic N) is 1. The fourth-order valence-electron chi connectivity index (χ4n) is 2.87. The number of rotatable bonds is 3.